The van der Waals surface area contributed by atoms with Crippen LogP contribution in [0.15, 0.2) is 24.3 Å². The molecule has 0 amide bonds. The highest BCUT2D eigenvalue weighted by molar-refractivity contribution is 5.90. The van der Waals surface area contributed by atoms with Crippen molar-refractivity contribution in [1.82, 2.24) is 0 Å². The Morgan fingerprint density at radius 1 is 1.50 bits per heavy atom. The number of hydrogen-bond donors (Lipinski definition) is 2. The van der Waals surface area contributed by atoms with E-state index in [9.17, 15) is 0 Å². The van der Waals surface area contributed by atoms with Gasteiger partial charge in [-0.05, 0) is 31.0 Å². The van der Waals surface area contributed by atoms with Crippen molar-refractivity contribution in [1.29, 1.82) is 5.41 Å². The fraction of sp³-hybridized carbons (Fsp3) is 0.300. The predicted octanol–water partition coefficient (Wildman–Crippen LogP) is 2.66. The van der Waals surface area contributed by atoms with E-state index in [2.05, 4.69) is 24.4 Å². The van der Waals surface area contributed by atoms with Crippen LogP contribution in [0.1, 0.15) is 19.4 Å². The molecular weight excluding hydrogens is 148 g/mol. The number of amidine groups is 1. The van der Waals surface area contributed by atoms with E-state index in [1.807, 2.05) is 12.1 Å². The van der Waals surface area contributed by atoms with Crippen molar-refractivity contribution in [3.05, 3.63) is 29.8 Å². The van der Waals surface area contributed by atoms with Gasteiger partial charge in [-0.2, -0.15) is 0 Å². The summed E-state index contributed by atoms with van der Waals surface area (Å²) in [5.41, 5.74) is 2.29. The van der Waals surface area contributed by atoms with Gasteiger partial charge < -0.3 is 5.32 Å². The summed E-state index contributed by atoms with van der Waals surface area (Å²) in [6.45, 7) is 3.86. The third-order valence-corrected chi connectivity index (χ3v) is 1.67. The standard InChI is InChI=1S/C10H14N2/c1-3-9-5-4-6-10(7-9)12-8(2)11/h4-7H,3H2,1-2H3,(H2,11,12). The quantitative estimate of drug-likeness (QED) is 0.509. The lowest BCUT2D eigenvalue weighted by molar-refractivity contribution is 1.14. The molecule has 1 aromatic carbocycles. The second-order valence-corrected chi connectivity index (χ2v) is 2.80. The maximum atomic E-state index is 7.25. The zero-order chi connectivity index (χ0) is 8.97. The van der Waals surface area contributed by atoms with E-state index in [1.54, 1.807) is 6.92 Å². The van der Waals surface area contributed by atoms with Crippen LogP contribution >= 0.6 is 0 Å². The lowest BCUT2D eigenvalue weighted by atomic mass is 10.1. The Balaban J connectivity index is 2.79. The first-order valence-corrected chi connectivity index (χ1v) is 4.13. The molecule has 0 radical (unpaired) electrons. The second-order valence-electron chi connectivity index (χ2n) is 2.80. The van der Waals surface area contributed by atoms with Gasteiger partial charge in [0.15, 0.2) is 0 Å². The highest BCUT2D eigenvalue weighted by Crippen LogP contribution is 2.10. The number of benzene rings is 1. The molecule has 0 fully saturated rings. The van der Waals surface area contributed by atoms with Crippen LogP contribution < -0.4 is 5.32 Å². The number of aryl methyl sites for hydroxylation is 1. The van der Waals surface area contributed by atoms with E-state index in [4.69, 9.17) is 5.41 Å². The van der Waals surface area contributed by atoms with Gasteiger partial charge in [0.05, 0.1) is 5.84 Å². The summed E-state index contributed by atoms with van der Waals surface area (Å²) in [6.07, 6.45) is 1.03. The molecule has 0 saturated heterocycles. The van der Waals surface area contributed by atoms with Crippen molar-refractivity contribution in [3.63, 3.8) is 0 Å². The van der Waals surface area contributed by atoms with Gasteiger partial charge in [-0.1, -0.05) is 19.1 Å². The van der Waals surface area contributed by atoms with E-state index >= 15 is 0 Å². The van der Waals surface area contributed by atoms with E-state index in [0.717, 1.165) is 12.1 Å². The number of hydrogen-bond acceptors (Lipinski definition) is 1. The molecule has 0 heterocycles. The summed E-state index contributed by atoms with van der Waals surface area (Å²) in [7, 11) is 0. The zero-order valence-electron chi connectivity index (χ0n) is 7.52. The molecule has 12 heavy (non-hydrogen) atoms. The summed E-state index contributed by atoms with van der Waals surface area (Å²) in [4.78, 5) is 0. The highest BCUT2D eigenvalue weighted by Gasteiger charge is 1.93. The number of rotatable bonds is 2. The fourth-order valence-electron chi connectivity index (χ4n) is 1.09. The normalized spacial score (nSPS) is 9.50. The van der Waals surface area contributed by atoms with Gasteiger partial charge in [0.25, 0.3) is 0 Å². The first kappa shape index (κ1) is 8.78. The molecule has 0 saturated carbocycles. The summed E-state index contributed by atoms with van der Waals surface area (Å²) in [6, 6.07) is 8.13. The molecule has 64 valence electrons. The molecule has 1 aromatic rings. The lowest BCUT2D eigenvalue weighted by Gasteiger charge is -2.04. The van der Waals surface area contributed by atoms with Crippen LogP contribution in [0.3, 0.4) is 0 Å². The van der Waals surface area contributed by atoms with Gasteiger partial charge in [-0.25, -0.2) is 0 Å². The molecule has 1 rings (SSSR count). The van der Waals surface area contributed by atoms with Crippen LogP contribution in [-0.2, 0) is 6.42 Å². The van der Waals surface area contributed by atoms with Crippen LogP contribution in [0.2, 0.25) is 0 Å². The highest BCUT2D eigenvalue weighted by atomic mass is 14.9. The van der Waals surface area contributed by atoms with Crippen molar-refractivity contribution >= 4 is 11.5 Å². The van der Waals surface area contributed by atoms with Crippen LogP contribution in [0.25, 0.3) is 0 Å². The van der Waals surface area contributed by atoms with Gasteiger partial charge >= 0.3 is 0 Å². The van der Waals surface area contributed by atoms with Gasteiger partial charge in [0.1, 0.15) is 0 Å². The maximum Gasteiger partial charge on any atom is 0.0944 e. The minimum atomic E-state index is 0.475. The molecule has 0 aliphatic carbocycles. The minimum Gasteiger partial charge on any atom is -0.344 e. The minimum absolute atomic E-state index is 0.475. The van der Waals surface area contributed by atoms with Crippen LogP contribution in [-0.4, -0.2) is 5.84 Å². The van der Waals surface area contributed by atoms with E-state index < -0.39 is 0 Å². The third-order valence-electron chi connectivity index (χ3n) is 1.67. The molecule has 2 N–H and O–H groups in total. The van der Waals surface area contributed by atoms with E-state index in [1.165, 1.54) is 5.56 Å². The molecule has 0 unspecified atom stereocenters. The van der Waals surface area contributed by atoms with Gasteiger partial charge in [-0.3, -0.25) is 5.41 Å². The molecule has 0 spiro atoms. The van der Waals surface area contributed by atoms with Crippen LogP contribution in [0.4, 0.5) is 5.69 Å². The first-order chi connectivity index (χ1) is 5.72. The molecular formula is C10H14N2. The Morgan fingerprint density at radius 2 is 2.25 bits per heavy atom. The summed E-state index contributed by atoms with van der Waals surface area (Å²) >= 11 is 0. The Hall–Kier alpha value is -1.31. The second kappa shape index (κ2) is 3.90. The average Bonchev–Trinajstić information content (AvgIpc) is 2.03. The Bertz CT molecular complexity index is 279. The SMILES string of the molecule is CCc1cccc(NC(C)=N)c1. The molecule has 2 heteroatoms. The van der Waals surface area contributed by atoms with E-state index in [0.29, 0.717) is 5.84 Å². The molecule has 0 aromatic heterocycles. The molecule has 0 aliphatic heterocycles. The molecule has 0 bridgehead atoms. The van der Waals surface area contributed by atoms with Crippen molar-refractivity contribution in [2.45, 2.75) is 20.3 Å². The summed E-state index contributed by atoms with van der Waals surface area (Å²) in [5, 5.41) is 10.2. The largest absolute Gasteiger partial charge is 0.344 e. The smallest absolute Gasteiger partial charge is 0.0944 e. The van der Waals surface area contributed by atoms with Crippen LogP contribution in [0, 0.1) is 5.41 Å². The van der Waals surface area contributed by atoms with E-state index in [-0.39, 0.29) is 0 Å². The van der Waals surface area contributed by atoms with Crippen molar-refractivity contribution < 1.29 is 0 Å². The topological polar surface area (TPSA) is 35.9 Å². The Labute approximate surface area is 73.1 Å². The first-order valence-electron chi connectivity index (χ1n) is 4.13. The Morgan fingerprint density at radius 3 is 2.83 bits per heavy atom. The number of nitrogens with one attached hydrogen (secondary N) is 2. The van der Waals surface area contributed by atoms with Crippen LogP contribution in [0.5, 0.6) is 0 Å². The number of anilines is 1. The molecule has 0 atom stereocenters. The Kier molecular flexibility index (Phi) is 2.86. The summed E-state index contributed by atoms with van der Waals surface area (Å²) in [5.74, 6) is 0.475. The van der Waals surface area contributed by atoms with Crippen molar-refractivity contribution in [2.24, 2.45) is 0 Å². The fourth-order valence-corrected chi connectivity index (χ4v) is 1.09. The monoisotopic (exact) mass is 162 g/mol. The predicted molar refractivity (Wildman–Crippen MR) is 52.8 cm³/mol. The van der Waals surface area contributed by atoms with Gasteiger partial charge in [0, 0.05) is 5.69 Å². The summed E-state index contributed by atoms with van der Waals surface area (Å²) < 4.78 is 0. The third kappa shape index (κ3) is 2.38. The maximum absolute atomic E-state index is 7.25. The average molecular weight is 162 g/mol. The molecule has 2 nitrogen and oxygen atoms in total. The van der Waals surface area contributed by atoms with Gasteiger partial charge in [0.2, 0.25) is 0 Å². The molecule has 0 aliphatic rings. The van der Waals surface area contributed by atoms with Crippen molar-refractivity contribution in [3.8, 4) is 0 Å². The van der Waals surface area contributed by atoms with Gasteiger partial charge in [-0.15, -0.1) is 0 Å². The lowest BCUT2D eigenvalue weighted by Crippen LogP contribution is -2.04. The zero-order valence-corrected chi connectivity index (χ0v) is 7.52. The van der Waals surface area contributed by atoms with Crippen molar-refractivity contribution in [2.75, 3.05) is 5.32 Å².